The van der Waals surface area contributed by atoms with Crippen LogP contribution in [0.4, 0.5) is 0 Å². The maximum absolute atomic E-state index is 2.46. The summed E-state index contributed by atoms with van der Waals surface area (Å²) in [5.74, 6) is 0. The van der Waals surface area contributed by atoms with Gasteiger partial charge in [0.15, 0.2) is 0 Å². The zero-order chi connectivity index (χ0) is 19.5. The second-order valence-electron chi connectivity index (χ2n) is 7.37. The molecular weight excluding hydrogens is 438 g/mol. The molecule has 0 atom stereocenters. The van der Waals surface area contributed by atoms with E-state index in [2.05, 4.69) is 133 Å². The zero-order valence-corrected chi connectivity index (χ0v) is 19.7. The Morgan fingerprint density at radius 1 is 0.355 bits per heavy atom. The Labute approximate surface area is 197 Å². The molecule has 5 aromatic carbocycles. The first-order valence-corrected chi connectivity index (χ1v) is 12.1. The summed E-state index contributed by atoms with van der Waals surface area (Å²) in [5.41, 5.74) is 0. The van der Waals surface area contributed by atoms with Gasteiger partial charge in [-0.15, -0.1) is 24.8 Å². The fourth-order valence-electron chi connectivity index (χ4n) is 4.58. The summed E-state index contributed by atoms with van der Waals surface area (Å²) >= 11 is 0. The molecule has 0 aliphatic carbocycles. The van der Waals surface area contributed by atoms with Gasteiger partial charge in [0, 0.05) is 0 Å². The predicted octanol–water partition coefficient (Wildman–Crippen LogP) is 6.04. The van der Waals surface area contributed by atoms with E-state index in [1.165, 1.54) is 32.0 Å². The Balaban J connectivity index is 0.00000136. The topological polar surface area (TPSA) is 0 Å². The fourth-order valence-corrected chi connectivity index (χ4v) is 9.57. The molecular formula is C28H25Cl2P. The molecule has 0 N–H and O–H groups in total. The fraction of sp³-hybridized carbons (Fsp3) is 0. The van der Waals surface area contributed by atoms with Crippen molar-refractivity contribution in [3.05, 3.63) is 133 Å². The second-order valence-corrected chi connectivity index (χ2v) is 11.1. The molecule has 0 radical (unpaired) electrons. The van der Waals surface area contributed by atoms with Crippen LogP contribution in [-0.4, -0.2) is 0 Å². The van der Waals surface area contributed by atoms with Crippen LogP contribution in [0.15, 0.2) is 133 Å². The molecule has 0 nitrogen and oxygen atoms in total. The molecule has 5 aromatic rings. The van der Waals surface area contributed by atoms with Crippen molar-refractivity contribution in [2.75, 3.05) is 0 Å². The van der Waals surface area contributed by atoms with E-state index in [0.717, 1.165) is 0 Å². The first-order valence-electron chi connectivity index (χ1n) is 10.1. The van der Waals surface area contributed by atoms with Gasteiger partial charge in [-0.25, -0.2) is 0 Å². The summed E-state index contributed by atoms with van der Waals surface area (Å²) in [6, 6.07) is 48.8. The monoisotopic (exact) mass is 462 g/mol. The van der Waals surface area contributed by atoms with Crippen LogP contribution in [0.25, 0.3) is 10.8 Å². The Morgan fingerprint density at radius 3 is 1.23 bits per heavy atom. The van der Waals surface area contributed by atoms with Crippen LogP contribution in [0.1, 0.15) is 0 Å². The molecule has 0 bridgehead atoms. The standard InChI is InChI=1S/C28H23P.2ClH/c1-4-15-24(16-5-1)29(25-17-6-2-7-18-25,26-19-8-3-9-20-26)28-22-12-14-23-13-10-11-21-27(23)28;;/h1-22,29H;2*1H. The van der Waals surface area contributed by atoms with Crippen molar-refractivity contribution >= 4 is 64.1 Å². The van der Waals surface area contributed by atoms with E-state index in [0.29, 0.717) is 0 Å². The van der Waals surface area contributed by atoms with Crippen LogP contribution in [-0.2, 0) is 0 Å². The summed E-state index contributed by atoms with van der Waals surface area (Å²) in [4.78, 5) is 0. The van der Waals surface area contributed by atoms with Gasteiger partial charge in [0.1, 0.15) is 0 Å². The van der Waals surface area contributed by atoms with E-state index in [4.69, 9.17) is 0 Å². The molecule has 0 heterocycles. The predicted molar refractivity (Wildman–Crippen MR) is 145 cm³/mol. The summed E-state index contributed by atoms with van der Waals surface area (Å²) < 4.78 is 0. The Kier molecular flexibility index (Phi) is 7.52. The minimum atomic E-state index is -2.46. The van der Waals surface area contributed by atoms with Crippen LogP contribution in [0.5, 0.6) is 0 Å². The number of rotatable bonds is 4. The molecule has 156 valence electrons. The first kappa shape index (κ1) is 23.0. The van der Waals surface area contributed by atoms with Gasteiger partial charge >= 0.3 is 173 Å². The number of hydrogen-bond donors (Lipinski definition) is 0. The van der Waals surface area contributed by atoms with Crippen LogP contribution < -0.4 is 21.2 Å². The van der Waals surface area contributed by atoms with Gasteiger partial charge in [0.2, 0.25) is 0 Å². The van der Waals surface area contributed by atoms with Gasteiger partial charge in [-0.2, -0.15) is 0 Å². The van der Waals surface area contributed by atoms with Crippen LogP contribution in [0.3, 0.4) is 0 Å². The third kappa shape index (κ3) is 4.00. The molecule has 0 saturated carbocycles. The summed E-state index contributed by atoms with van der Waals surface area (Å²) in [5, 5.41) is 8.32. The van der Waals surface area contributed by atoms with E-state index in [-0.39, 0.29) is 24.8 Å². The normalized spacial score (nSPS) is 11.2. The molecule has 0 aromatic heterocycles. The molecule has 0 spiro atoms. The van der Waals surface area contributed by atoms with E-state index in [1.807, 2.05) is 0 Å². The van der Waals surface area contributed by atoms with Gasteiger partial charge in [0.05, 0.1) is 0 Å². The van der Waals surface area contributed by atoms with Crippen molar-refractivity contribution in [1.29, 1.82) is 0 Å². The zero-order valence-electron chi connectivity index (χ0n) is 17.0. The molecule has 31 heavy (non-hydrogen) atoms. The molecule has 0 fully saturated rings. The van der Waals surface area contributed by atoms with Gasteiger partial charge in [-0.1, -0.05) is 0 Å². The Bertz CT molecular complexity index is 1140. The first-order chi connectivity index (χ1) is 14.4. The third-order valence-electron chi connectivity index (χ3n) is 5.81. The van der Waals surface area contributed by atoms with Crippen LogP contribution >= 0.6 is 32.1 Å². The second kappa shape index (κ2) is 10.1. The molecule has 0 unspecified atom stereocenters. The van der Waals surface area contributed by atoms with Crippen molar-refractivity contribution in [2.45, 2.75) is 0 Å². The van der Waals surface area contributed by atoms with Crippen LogP contribution in [0, 0.1) is 0 Å². The van der Waals surface area contributed by atoms with Gasteiger partial charge in [-0.05, 0) is 0 Å². The molecule has 5 rings (SSSR count). The van der Waals surface area contributed by atoms with Crippen molar-refractivity contribution in [3.63, 3.8) is 0 Å². The summed E-state index contributed by atoms with van der Waals surface area (Å²) in [7, 11) is -2.46. The SMILES string of the molecule is Cl.Cl.c1ccc([PH](c2ccccc2)(c2ccccc2)c2cccc3ccccc23)cc1. The molecule has 0 aliphatic rings. The summed E-state index contributed by atoms with van der Waals surface area (Å²) in [6.07, 6.45) is 0. The van der Waals surface area contributed by atoms with Crippen LogP contribution in [0.2, 0.25) is 0 Å². The van der Waals surface area contributed by atoms with E-state index in [9.17, 15) is 0 Å². The van der Waals surface area contributed by atoms with Crippen molar-refractivity contribution < 1.29 is 0 Å². The quantitative estimate of drug-likeness (QED) is 0.286. The van der Waals surface area contributed by atoms with Gasteiger partial charge in [0.25, 0.3) is 0 Å². The Hall–Kier alpha value is -2.63. The van der Waals surface area contributed by atoms with Gasteiger partial charge in [-0.3, -0.25) is 0 Å². The average Bonchev–Trinajstić information content (AvgIpc) is 2.82. The van der Waals surface area contributed by atoms with Crippen molar-refractivity contribution in [1.82, 2.24) is 0 Å². The Morgan fingerprint density at radius 2 is 0.742 bits per heavy atom. The molecule has 3 heteroatoms. The van der Waals surface area contributed by atoms with E-state index < -0.39 is 7.26 Å². The number of hydrogen-bond acceptors (Lipinski definition) is 0. The van der Waals surface area contributed by atoms with E-state index >= 15 is 0 Å². The number of benzene rings is 5. The molecule has 0 saturated heterocycles. The maximum atomic E-state index is 2.35. The molecule has 0 aliphatic heterocycles. The minimum absolute atomic E-state index is 0. The number of halogens is 2. The number of fused-ring (bicyclic) bond motifs is 1. The third-order valence-corrected chi connectivity index (χ3v) is 10.7. The van der Waals surface area contributed by atoms with Crippen molar-refractivity contribution in [2.24, 2.45) is 0 Å². The average molecular weight is 463 g/mol. The van der Waals surface area contributed by atoms with Gasteiger partial charge < -0.3 is 0 Å². The molecule has 0 amide bonds. The summed E-state index contributed by atoms with van der Waals surface area (Å²) in [6.45, 7) is 0. The van der Waals surface area contributed by atoms with E-state index in [1.54, 1.807) is 0 Å². The van der Waals surface area contributed by atoms with Crippen molar-refractivity contribution in [3.8, 4) is 0 Å².